The first-order valence-electron chi connectivity index (χ1n) is 4.03. The predicted molar refractivity (Wildman–Crippen MR) is 49.0 cm³/mol. The van der Waals surface area contributed by atoms with E-state index < -0.39 is 22.5 Å². The van der Waals surface area contributed by atoms with E-state index in [1.165, 1.54) is 0 Å². The minimum Gasteiger partial charge on any atom is -0.384 e. The van der Waals surface area contributed by atoms with Gasteiger partial charge in [0.25, 0.3) is 0 Å². The maximum Gasteiger partial charge on any atom is 0.367 e. The summed E-state index contributed by atoms with van der Waals surface area (Å²) in [4.78, 5) is 44.7. The van der Waals surface area contributed by atoms with Gasteiger partial charge in [-0.25, -0.2) is 19.2 Å². The standard InChI is InChI=1S/C8N2O6/c11-5-1-2-4(8(14)16-6(2)12)10-9-3(1)7(13)15-5. The third-order valence-electron chi connectivity index (χ3n) is 2.14. The highest BCUT2D eigenvalue weighted by Crippen LogP contribution is 2.10. The fraction of sp³-hybridized carbons (Fsp3) is 0. The van der Waals surface area contributed by atoms with Crippen molar-refractivity contribution in [3.05, 3.63) is 41.7 Å². The molecule has 3 heterocycles. The van der Waals surface area contributed by atoms with E-state index in [0.29, 0.717) is 0 Å². The molecule has 3 aromatic heterocycles. The van der Waals surface area contributed by atoms with E-state index in [0.717, 1.165) is 0 Å². The number of hydrogen-bond donors (Lipinski definition) is 0. The van der Waals surface area contributed by atoms with E-state index in [9.17, 15) is 19.2 Å². The van der Waals surface area contributed by atoms with Gasteiger partial charge in [-0.1, -0.05) is 0 Å². The molecule has 0 radical (unpaired) electrons. The van der Waals surface area contributed by atoms with Crippen LogP contribution < -0.4 is 22.5 Å². The topological polar surface area (TPSA) is 120 Å². The summed E-state index contributed by atoms with van der Waals surface area (Å²) >= 11 is 0. The SMILES string of the molecule is O=c1oc(=O)c2c1nnc1c(=O)oc(=O)c12. The van der Waals surface area contributed by atoms with Gasteiger partial charge in [-0.3, -0.25) is 0 Å². The van der Waals surface area contributed by atoms with Crippen LogP contribution in [0.2, 0.25) is 0 Å². The van der Waals surface area contributed by atoms with Gasteiger partial charge in [0, 0.05) is 0 Å². The van der Waals surface area contributed by atoms with Crippen molar-refractivity contribution in [3.63, 3.8) is 0 Å². The van der Waals surface area contributed by atoms with Gasteiger partial charge in [0.1, 0.15) is 10.8 Å². The summed E-state index contributed by atoms with van der Waals surface area (Å²) < 4.78 is 8.48. The molecule has 0 saturated carbocycles. The summed E-state index contributed by atoms with van der Waals surface area (Å²) in [6.07, 6.45) is 0. The number of furan rings is 2. The van der Waals surface area contributed by atoms with Crippen LogP contribution in [0.4, 0.5) is 0 Å². The van der Waals surface area contributed by atoms with E-state index in [1.54, 1.807) is 0 Å². The molecule has 0 unspecified atom stereocenters. The molecule has 8 nitrogen and oxygen atoms in total. The maximum atomic E-state index is 11.3. The Morgan fingerprint density at radius 2 is 1.00 bits per heavy atom. The van der Waals surface area contributed by atoms with Gasteiger partial charge >= 0.3 is 22.5 Å². The van der Waals surface area contributed by atoms with Crippen molar-refractivity contribution < 1.29 is 8.83 Å². The second-order valence-corrected chi connectivity index (χ2v) is 3.00. The normalized spacial score (nSPS) is 11.5. The molecular weight excluding hydrogens is 220 g/mol. The van der Waals surface area contributed by atoms with Gasteiger partial charge in [-0.15, -0.1) is 10.2 Å². The van der Waals surface area contributed by atoms with Crippen LogP contribution in [0.3, 0.4) is 0 Å². The van der Waals surface area contributed by atoms with Gasteiger partial charge < -0.3 is 8.83 Å². The first kappa shape index (κ1) is 8.65. The third kappa shape index (κ3) is 0.829. The Hall–Kier alpha value is -2.64. The van der Waals surface area contributed by atoms with Gasteiger partial charge in [0.15, 0.2) is 11.0 Å². The monoisotopic (exact) mass is 220 g/mol. The van der Waals surface area contributed by atoms with Gasteiger partial charge in [0.05, 0.1) is 0 Å². The minimum atomic E-state index is -1.03. The van der Waals surface area contributed by atoms with E-state index in [2.05, 4.69) is 19.0 Å². The van der Waals surface area contributed by atoms with E-state index in [1.807, 2.05) is 0 Å². The van der Waals surface area contributed by atoms with Crippen LogP contribution in [0, 0.1) is 0 Å². The summed E-state index contributed by atoms with van der Waals surface area (Å²) in [6, 6.07) is 0. The Morgan fingerprint density at radius 3 is 1.38 bits per heavy atom. The summed E-state index contributed by atoms with van der Waals surface area (Å²) in [5, 5.41) is 5.99. The highest BCUT2D eigenvalue weighted by atomic mass is 16.4. The molecule has 0 fully saturated rings. The molecule has 3 aromatic rings. The number of hydrogen-bond acceptors (Lipinski definition) is 8. The lowest BCUT2D eigenvalue weighted by atomic mass is 10.2. The summed E-state index contributed by atoms with van der Waals surface area (Å²) in [5.74, 6) is 0. The molecule has 0 bridgehead atoms. The lowest BCUT2D eigenvalue weighted by Gasteiger charge is -1.82. The maximum absolute atomic E-state index is 11.3. The highest BCUT2D eigenvalue weighted by Gasteiger charge is 2.21. The Bertz CT molecular complexity index is 846. The van der Waals surface area contributed by atoms with Crippen LogP contribution in [0.15, 0.2) is 28.0 Å². The van der Waals surface area contributed by atoms with E-state index in [4.69, 9.17) is 0 Å². The van der Waals surface area contributed by atoms with Gasteiger partial charge in [0.2, 0.25) is 0 Å². The van der Waals surface area contributed by atoms with E-state index >= 15 is 0 Å². The van der Waals surface area contributed by atoms with Crippen LogP contribution in [0.5, 0.6) is 0 Å². The van der Waals surface area contributed by atoms with Crippen LogP contribution in [-0.4, -0.2) is 10.2 Å². The fourth-order valence-corrected chi connectivity index (χ4v) is 1.49. The zero-order valence-electron chi connectivity index (χ0n) is 7.34. The third-order valence-corrected chi connectivity index (χ3v) is 2.14. The molecule has 0 spiro atoms. The Kier molecular flexibility index (Phi) is 1.34. The van der Waals surface area contributed by atoms with Crippen LogP contribution in [0.25, 0.3) is 21.8 Å². The Morgan fingerprint density at radius 1 is 0.625 bits per heavy atom. The number of rotatable bonds is 0. The highest BCUT2D eigenvalue weighted by molar-refractivity contribution is 6.01. The van der Waals surface area contributed by atoms with Gasteiger partial charge in [-0.2, -0.15) is 0 Å². The zero-order chi connectivity index (χ0) is 11.4. The molecule has 3 rings (SSSR count). The van der Waals surface area contributed by atoms with Crippen molar-refractivity contribution in [2.45, 2.75) is 0 Å². The lowest BCUT2D eigenvalue weighted by molar-refractivity contribution is 0.495. The average Bonchev–Trinajstić information content (AvgIpc) is 2.67. The quantitative estimate of drug-likeness (QED) is 0.438. The molecule has 0 amide bonds. The molecule has 0 atom stereocenters. The first-order chi connectivity index (χ1) is 7.59. The second kappa shape index (κ2) is 2.48. The van der Waals surface area contributed by atoms with Crippen molar-refractivity contribution in [2.24, 2.45) is 0 Å². The predicted octanol–water partition coefficient (Wildman–Crippen LogP) is -1.71. The molecule has 0 aromatic carbocycles. The van der Waals surface area contributed by atoms with Crippen molar-refractivity contribution in [1.82, 2.24) is 10.2 Å². The number of nitrogens with zero attached hydrogens (tertiary/aromatic N) is 2. The molecule has 0 aliphatic carbocycles. The zero-order valence-corrected chi connectivity index (χ0v) is 7.34. The molecule has 78 valence electrons. The molecule has 0 aliphatic heterocycles. The van der Waals surface area contributed by atoms with Crippen molar-refractivity contribution in [1.29, 1.82) is 0 Å². The van der Waals surface area contributed by atoms with Crippen LogP contribution in [0.1, 0.15) is 0 Å². The number of fused-ring (bicyclic) bond motifs is 3. The largest absolute Gasteiger partial charge is 0.384 e. The second-order valence-electron chi connectivity index (χ2n) is 3.00. The Balaban J connectivity index is 2.92. The van der Waals surface area contributed by atoms with Crippen molar-refractivity contribution in [2.75, 3.05) is 0 Å². The van der Waals surface area contributed by atoms with Crippen LogP contribution >= 0.6 is 0 Å². The summed E-state index contributed by atoms with van der Waals surface area (Å²) in [5.41, 5.74) is -4.81. The van der Waals surface area contributed by atoms with E-state index in [-0.39, 0.29) is 21.8 Å². The lowest BCUT2D eigenvalue weighted by Crippen LogP contribution is -2.01. The molecule has 0 aliphatic rings. The van der Waals surface area contributed by atoms with Crippen LogP contribution in [-0.2, 0) is 0 Å². The summed E-state index contributed by atoms with van der Waals surface area (Å²) in [6.45, 7) is 0. The molecule has 8 heteroatoms. The fourth-order valence-electron chi connectivity index (χ4n) is 1.49. The number of aromatic nitrogens is 2. The smallest absolute Gasteiger partial charge is 0.367 e. The Labute approximate surface area is 83.4 Å². The first-order valence-corrected chi connectivity index (χ1v) is 4.03. The molecule has 0 N–H and O–H groups in total. The van der Waals surface area contributed by atoms with Gasteiger partial charge in [-0.05, 0) is 0 Å². The minimum absolute atomic E-state index is 0.356. The molecule has 0 saturated heterocycles. The molecule has 16 heavy (non-hydrogen) atoms. The average molecular weight is 220 g/mol. The van der Waals surface area contributed by atoms with Crippen molar-refractivity contribution in [3.8, 4) is 0 Å². The molecular formula is C8N2O6. The van der Waals surface area contributed by atoms with Crippen molar-refractivity contribution >= 4 is 21.8 Å². The summed E-state index contributed by atoms with van der Waals surface area (Å²) in [7, 11) is 0.